The van der Waals surface area contributed by atoms with Crippen molar-refractivity contribution in [2.45, 2.75) is 46.6 Å². The zero-order chi connectivity index (χ0) is 26.9. The molecule has 192 valence electrons. The molecule has 0 atom stereocenters. The maximum Gasteiger partial charge on any atom is 0.159 e. The molecule has 2 aromatic carbocycles. The summed E-state index contributed by atoms with van der Waals surface area (Å²) < 4.78 is 17.1. The summed E-state index contributed by atoms with van der Waals surface area (Å²) in [6.45, 7) is 12.9. The molecule has 0 saturated carbocycles. The van der Waals surface area contributed by atoms with Crippen LogP contribution in [0.1, 0.15) is 67.6 Å². The van der Waals surface area contributed by atoms with Crippen LogP contribution in [0.15, 0.2) is 72.4 Å². The molecule has 37 heavy (non-hydrogen) atoms. The monoisotopic (exact) mass is 497 g/mol. The Kier molecular flexibility index (Phi) is 9.65. The lowest BCUT2D eigenvalue weighted by molar-refractivity contribution is 0.0254. The molecule has 2 aromatic rings. The smallest absolute Gasteiger partial charge is 0.159 e. The van der Waals surface area contributed by atoms with Crippen molar-refractivity contribution in [2.75, 3.05) is 20.3 Å². The van der Waals surface area contributed by atoms with Crippen LogP contribution >= 0.6 is 0 Å². The fraction of sp³-hybridized carbons (Fsp3) is 0.312. The fourth-order valence-electron chi connectivity index (χ4n) is 4.38. The number of nitriles is 1. The molecule has 3 rings (SSSR count). The van der Waals surface area contributed by atoms with Gasteiger partial charge in [-0.1, -0.05) is 43.0 Å². The van der Waals surface area contributed by atoms with Crippen LogP contribution in [-0.4, -0.2) is 32.2 Å². The van der Waals surface area contributed by atoms with E-state index in [0.29, 0.717) is 35.8 Å². The van der Waals surface area contributed by atoms with Gasteiger partial charge in [-0.2, -0.15) is 5.26 Å². The minimum absolute atomic E-state index is 0.00137. The molecule has 5 heteroatoms. The van der Waals surface area contributed by atoms with Gasteiger partial charge in [-0.3, -0.25) is 4.79 Å². The van der Waals surface area contributed by atoms with E-state index in [1.54, 1.807) is 26.2 Å². The molecule has 0 bridgehead atoms. The number of allylic oxidation sites excluding steroid dienone is 7. The maximum absolute atomic E-state index is 11.8. The van der Waals surface area contributed by atoms with Gasteiger partial charge in [0.15, 0.2) is 5.78 Å². The van der Waals surface area contributed by atoms with Crippen LogP contribution in [0, 0.1) is 11.3 Å². The molecule has 0 N–H and O–H groups in total. The van der Waals surface area contributed by atoms with Crippen molar-refractivity contribution in [3.05, 3.63) is 94.6 Å². The Hall–Kier alpha value is -3.88. The van der Waals surface area contributed by atoms with Crippen LogP contribution in [0.2, 0.25) is 0 Å². The molecule has 1 heterocycles. The van der Waals surface area contributed by atoms with Gasteiger partial charge in [0.2, 0.25) is 0 Å². The second-order valence-electron chi connectivity index (χ2n) is 9.17. The summed E-state index contributed by atoms with van der Waals surface area (Å²) in [4.78, 5) is 11.8. The van der Waals surface area contributed by atoms with Gasteiger partial charge in [-0.15, -0.1) is 0 Å². The van der Waals surface area contributed by atoms with E-state index in [2.05, 4.69) is 32.6 Å². The van der Waals surface area contributed by atoms with E-state index in [1.165, 1.54) is 0 Å². The number of ether oxygens (including phenoxy) is 3. The molecule has 0 aliphatic carbocycles. The van der Waals surface area contributed by atoms with E-state index in [4.69, 9.17) is 14.2 Å². The molecule has 0 radical (unpaired) electrons. The SMILES string of the molecule is C=C\C=C(/C(C)=C(C)/C=C(\C)c1ccc(C(C)=O)cc1OC)c1ccc(OC2CCOCC2)c(C#N)c1. The molecule has 1 fully saturated rings. The van der Waals surface area contributed by atoms with E-state index in [9.17, 15) is 10.1 Å². The highest BCUT2D eigenvalue weighted by Crippen LogP contribution is 2.33. The highest BCUT2D eigenvalue weighted by atomic mass is 16.5. The van der Waals surface area contributed by atoms with Gasteiger partial charge in [0.25, 0.3) is 0 Å². The molecular weight excluding hydrogens is 462 g/mol. The Morgan fingerprint density at radius 2 is 1.76 bits per heavy atom. The predicted octanol–water partition coefficient (Wildman–Crippen LogP) is 7.34. The van der Waals surface area contributed by atoms with Crippen LogP contribution in [0.25, 0.3) is 11.1 Å². The van der Waals surface area contributed by atoms with Crippen molar-refractivity contribution >= 4 is 16.9 Å². The molecule has 0 aromatic heterocycles. The average Bonchev–Trinajstić information content (AvgIpc) is 2.91. The second kappa shape index (κ2) is 12.9. The summed E-state index contributed by atoms with van der Waals surface area (Å²) in [5.74, 6) is 1.26. The van der Waals surface area contributed by atoms with E-state index < -0.39 is 0 Å². The minimum atomic E-state index is -0.00137. The normalized spacial score (nSPS) is 15.5. The zero-order valence-electron chi connectivity index (χ0n) is 22.4. The Bertz CT molecular complexity index is 1300. The van der Waals surface area contributed by atoms with Gasteiger partial charge >= 0.3 is 0 Å². The van der Waals surface area contributed by atoms with Gasteiger partial charge in [-0.25, -0.2) is 0 Å². The summed E-state index contributed by atoms with van der Waals surface area (Å²) in [6.07, 6.45) is 7.52. The molecule has 1 aliphatic rings. The van der Waals surface area contributed by atoms with Crippen molar-refractivity contribution in [3.63, 3.8) is 0 Å². The Morgan fingerprint density at radius 1 is 1.05 bits per heavy atom. The average molecular weight is 498 g/mol. The third-order valence-electron chi connectivity index (χ3n) is 6.62. The number of Topliss-reactive ketones (excluding diaryl/α,β-unsaturated/α-hetero) is 1. The third-order valence-corrected chi connectivity index (χ3v) is 6.62. The van der Waals surface area contributed by atoms with Crippen LogP contribution in [0.4, 0.5) is 0 Å². The molecule has 1 saturated heterocycles. The number of ketones is 1. The van der Waals surface area contributed by atoms with Crippen molar-refractivity contribution in [1.82, 2.24) is 0 Å². The zero-order valence-corrected chi connectivity index (χ0v) is 22.4. The number of hydrogen-bond acceptors (Lipinski definition) is 5. The van der Waals surface area contributed by atoms with Crippen molar-refractivity contribution in [2.24, 2.45) is 0 Å². The first-order valence-corrected chi connectivity index (χ1v) is 12.5. The summed E-state index contributed by atoms with van der Waals surface area (Å²) in [5, 5.41) is 9.83. The molecule has 1 aliphatic heterocycles. The number of methoxy groups -OCH3 is 1. The van der Waals surface area contributed by atoms with Gasteiger partial charge in [0.1, 0.15) is 23.7 Å². The van der Waals surface area contributed by atoms with Crippen LogP contribution in [0.5, 0.6) is 11.5 Å². The first-order chi connectivity index (χ1) is 17.8. The van der Waals surface area contributed by atoms with E-state index in [0.717, 1.165) is 46.3 Å². The summed E-state index contributed by atoms with van der Waals surface area (Å²) in [6, 6.07) is 13.6. The highest BCUT2D eigenvalue weighted by molar-refractivity contribution is 5.95. The molecule has 0 unspecified atom stereocenters. The first-order valence-electron chi connectivity index (χ1n) is 12.5. The van der Waals surface area contributed by atoms with E-state index in [-0.39, 0.29) is 11.9 Å². The number of nitrogens with zero attached hydrogens (tertiary/aromatic N) is 1. The highest BCUT2D eigenvalue weighted by Gasteiger charge is 2.18. The number of rotatable bonds is 9. The summed E-state index contributed by atoms with van der Waals surface area (Å²) >= 11 is 0. The fourth-order valence-corrected chi connectivity index (χ4v) is 4.38. The van der Waals surface area contributed by atoms with Gasteiger partial charge < -0.3 is 14.2 Å². The largest absolute Gasteiger partial charge is 0.496 e. The number of carbonyl (C=O) groups is 1. The minimum Gasteiger partial charge on any atom is -0.496 e. The van der Waals surface area contributed by atoms with Crippen LogP contribution < -0.4 is 9.47 Å². The number of carbonyl (C=O) groups excluding carboxylic acids is 1. The Balaban J connectivity index is 1.95. The first kappa shape index (κ1) is 27.7. The lowest BCUT2D eigenvalue weighted by Gasteiger charge is -2.24. The quantitative estimate of drug-likeness (QED) is 0.268. The predicted molar refractivity (Wildman–Crippen MR) is 149 cm³/mol. The van der Waals surface area contributed by atoms with Crippen LogP contribution in [0.3, 0.4) is 0 Å². The number of benzene rings is 2. The standard InChI is InChI=1S/C32H35NO4/c1-7-8-30(26-10-12-31(27(18-26)20-33)37-28-13-15-36-16-14-28)23(4)21(2)17-22(3)29-11-9-25(24(5)34)19-32(29)35-6/h7-12,17-19,28H,1,13-16H2,2-6H3/b22-17+,23-21+,30-8+. The van der Waals surface area contributed by atoms with Gasteiger partial charge in [-0.05, 0) is 73.7 Å². The van der Waals surface area contributed by atoms with Crippen molar-refractivity contribution < 1.29 is 19.0 Å². The number of hydrogen-bond donors (Lipinski definition) is 0. The second-order valence-corrected chi connectivity index (χ2v) is 9.17. The van der Waals surface area contributed by atoms with Gasteiger partial charge in [0.05, 0.1) is 25.9 Å². The van der Waals surface area contributed by atoms with E-state index >= 15 is 0 Å². The summed E-state index contributed by atoms with van der Waals surface area (Å²) in [5.41, 5.74) is 7.07. The third kappa shape index (κ3) is 6.87. The summed E-state index contributed by atoms with van der Waals surface area (Å²) in [7, 11) is 1.61. The van der Waals surface area contributed by atoms with Crippen molar-refractivity contribution in [3.8, 4) is 17.6 Å². The maximum atomic E-state index is 11.8. The Labute approximate surface area is 220 Å². The van der Waals surface area contributed by atoms with Gasteiger partial charge in [0, 0.05) is 24.0 Å². The van der Waals surface area contributed by atoms with Crippen molar-refractivity contribution in [1.29, 1.82) is 5.26 Å². The van der Waals surface area contributed by atoms with E-state index in [1.807, 2.05) is 43.3 Å². The Morgan fingerprint density at radius 3 is 2.38 bits per heavy atom. The molecule has 5 nitrogen and oxygen atoms in total. The topological polar surface area (TPSA) is 68.6 Å². The van der Waals surface area contributed by atoms with Crippen LogP contribution in [-0.2, 0) is 4.74 Å². The lowest BCUT2D eigenvalue weighted by atomic mass is 9.92. The molecular formula is C32H35NO4. The lowest BCUT2D eigenvalue weighted by Crippen LogP contribution is -2.26. The molecule has 0 spiro atoms. The molecule has 0 amide bonds.